The minimum atomic E-state index is -0.903. The highest BCUT2D eigenvalue weighted by Gasteiger charge is 2.10. The Bertz CT molecular complexity index is 1220. The number of nitrogens with zero attached hydrogens (tertiary/aromatic N) is 4. The van der Waals surface area contributed by atoms with E-state index in [1.54, 1.807) is 19.3 Å². The van der Waals surface area contributed by atoms with E-state index in [1.165, 1.54) is 23.7 Å². The van der Waals surface area contributed by atoms with Crippen LogP contribution in [0.5, 0.6) is 10.9 Å². The molecule has 0 bridgehead atoms. The molecule has 2 heterocycles. The third-order valence-electron chi connectivity index (χ3n) is 4.50. The standard InChI is InChI=1S/C22H19F2N5O2S/c1-13-6-7-16(31-22-28-14(2)29-32-22)8-17(13)19-9-26-20(10-25-19)27-12-30-11-15-4-3-5-18(23)21(15)24/h3-10H,11-12H2,1-2H3,(H,26,27). The molecule has 1 N–H and O–H groups in total. The summed E-state index contributed by atoms with van der Waals surface area (Å²) in [5.41, 5.74) is 2.71. The first-order chi connectivity index (χ1) is 15.5. The lowest BCUT2D eigenvalue weighted by Crippen LogP contribution is -2.08. The third kappa shape index (κ3) is 5.21. The largest absolute Gasteiger partial charge is 0.430 e. The second-order valence-electron chi connectivity index (χ2n) is 6.86. The molecule has 7 nitrogen and oxygen atoms in total. The number of anilines is 1. The van der Waals surface area contributed by atoms with Gasteiger partial charge in [-0.2, -0.15) is 9.36 Å². The van der Waals surface area contributed by atoms with Crippen LogP contribution in [0.1, 0.15) is 17.0 Å². The number of halogens is 2. The Morgan fingerprint density at radius 2 is 1.94 bits per heavy atom. The third-order valence-corrected chi connectivity index (χ3v) is 5.18. The maximum absolute atomic E-state index is 13.6. The molecule has 0 radical (unpaired) electrons. The second kappa shape index (κ2) is 9.75. The highest BCUT2D eigenvalue weighted by atomic mass is 32.1. The van der Waals surface area contributed by atoms with E-state index in [2.05, 4.69) is 24.6 Å². The van der Waals surface area contributed by atoms with Crippen LogP contribution in [0.15, 0.2) is 48.8 Å². The number of hydrogen-bond acceptors (Lipinski definition) is 8. The predicted molar refractivity (Wildman–Crippen MR) is 117 cm³/mol. The number of ether oxygens (including phenoxy) is 2. The lowest BCUT2D eigenvalue weighted by atomic mass is 10.1. The lowest BCUT2D eigenvalue weighted by molar-refractivity contribution is 0.135. The van der Waals surface area contributed by atoms with Gasteiger partial charge in [-0.1, -0.05) is 18.2 Å². The van der Waals surface area contributed by atoms with Crippen molar-refractivity contribution in [2.75, 3.05) is 12.0 Å². The summed E-state index contributed by atoms with van der Waals surface area (Å²) in [5, 5.41) is 3.41. The van der Waals surface area contributed by atoms with Crippen LogP contribution >= 0.6 is 11.5 Å². The number of hydrogen-bond donors (Lipinski definition) is 1. The lowest BCUT2D eigenvalue weighted by Gasteiger charge is -2.10. The summed E-state index contributed by atoms with van der Waals surface area (Å²) in [5.74, 6) is -0.0221. The summed E-state index contributed by atoms with van der Waals surface area (Å²) >= 11 is 1.19. The maximum atomic E-state index is 13.6. The molecule has 0 aliphatic rings. The van der Waals surface area contributed by atoms with Gasteiger partial charge >= 0.3 is 0 Å². The molecular weight excluding hydrogens is 436 g/mol. The number of aryl methyl sites for hydroxylation is 2. The van der Waals surface area contributed by atoms with E-state index in [1.807, 2.05) is 25.1 Å². The Kier molecular flexibility index (Phi) is 6.62. The van der Waals surface area contributed by atoms with Crippen molar-refractivity contribution in [1.82, 2.24) is 19.3 Å². The van der Waals surface area contributed by atoms with Crippen molar-refractivity contribution in [1.29, 1.82) is 0 Å². The van der Waals surface area contributed by atoms with Gasteiger partial charge < -0.3 is 14.8 Å². The molecule has 0 amide bonds. The van der Waals surface area contributed by atoms with E-state index in [0.717, 1.165) is 17.2 Å². The summed E-state index contributed by atoms with van der Waals surface area (Å²) in [6.45, 7) is 3.77. The minimum absolute atomic E-state index is 0.0631. The minimum Gasteiger partial charge on any atom is -0.430 e. The fraction of sp³-hybridized carbons (Fsp3) is 0.182. The number of aromatic nitrogens is 4. The Morgan fingerprint density at radius 3 is 2.69 bits per heavy atom. The zero-order valence-corrected chi connectivity index (χ0v) is 18.1. The first kappa shape index (κ1) is 21.7. The number of benzene rings is 2. The summed E-state index contributed by atoms with van der Waals surface area (Å²) in [7, 11) is 0. The summed E-state index contributed by atoms with van der Waals surface area (Å²) in [4.78, 5) is 13.0. The van der Waals surface area contributed by atoms with E-state index < -0.39 is 11.6 Å². The van der Waals surface area contributed by atoms with Crippen LogP contribution in [0.25, 0.3) is 11.3 Å². The first-order valence-electron chi connectivity index (χ1n) is 9.65. The van der Waals surface area contributed by atoms with Gasteiger partial charge in [-0.15, -0.1) is 0 Å². The van der Waals surface area contributed by atoms with Crippen LogP contribution in [0, 0.1) is 25.5 Å². The molecule has 4 aromatic rings. The van der Waals surface area contributed by atoms with Gasteiger partial charge in [-0.25, -0.2) is 13.8 Å². The van der Waals surface area contributed by atoms with Crippen LogP contribution in [-0.2, 0) is 11.3 Å². The molecule has 0 aliphatic carbocycles. The Balaban J connectivity index is 1.37. The van der Waals surface area contributed by atoms with Gasteiger partial charge in [0.05, 0.1) is 24.7 Å². The molecule has 0 fully saturated rings. The van der Waals surface area contributed by atoms with Gasteiger partial charge in [0.15, 0.2) is 11.6 Å². The van der Waals surface area contributed by atoms with Crippen molar-refractivity contribution in [3.63, 3.8) is 0 Å². The zero-order chi connectivity index (χ0) is 22.5. The van der Waals surface area contributed by atoms with Crippen LogP contribution in [0.2, 0.25) is 0 Å². The van der Waals surface area contributed by atoms with E-state index in [4.69, 9.17) is 9.47 Å². The van der Waals surface area contributed by atoms with Crippen molar-refractivity contribution >= 4 is 17.4 Å². The van der Waals surface area contributed by atoms with Gasteiger partial charge in [0.1, 0.15) is 24.1 Å². The predicted octanol–water partition coefficient (Wildman–Crippen LogP) is 5.27. The van der Waals surface area contributed by atoms with Crippen LogP contribution in [0.3, 0.4) is 0 Å². The Labute approximate surface area is 187 Å². The summed E-state index contributed by atoms with van der Waals surface area (Å²) < 4.78 is 42.1. The molecule has 2 aromatic carbocycles. The van der Waals surface area contributed by atoms with E-state index in [-0.39, 0.29) is 18.9 Å². The van der Waals surface area contributed by atoms with Crippen LogP contribution in [0.4, 0.5) is 14.6 Å². The highest BCUT2D eigenvalue weighted by Crippen LogP contribution is 2.29. The SMILES string of the molecule is Cc1nsc(Oc2ccc(C)c(-c3cnc(NCOCc4cccc(F)c4F)cn3)c2)n1. The first-order valence-corrected chi connectivity index (χ1v) is 10.4. The summed E-state index contributed by atoms with van der Waals surface area (Å²) in [6.07, 6.45) is 3.21. The van der Waals surface area contributed by atoms with Crippen molar-refractivity contribution in [3.8, 4) is 22.2 Å². The zero-order valence-electron chi connectivity index (χ0n) is 17.3. The van der Waals surface area contributed by atoms with E-state index in [9.17, 15) is 8.78 Å². The average molecular weight is 455 g/mol. The molecule has 2 aromatic heterocycles. The number of nitrogens with one attached hydrogen (secondary N) is 1. The van der Waals surface area contributed by atoms with Crippen molar-refractivity contribution in [2.24, 2.45) is 0 Å². The van der Waals surface area contributed by atoms with Gasteiger partial charge in [0, 0.05) is 22.7 Å². The molecular formula is C22H19F2N5O2S. The Morgan fingerprint density at radius 1 is 1.06 bits per heavy atom. The fourth-order valence-electron chi connectivity index (χ4n) is 2.87. The average Bonchev–Trinajstić information content (AvgIpc) is 3.20. The normalized spacial score (nSPS) is 10.9. The molecule has 32 heavy (non-hydrogen) atoms. The van der Waals surface area contributed by atoms with Gasteiger partial charge in [0.25, 0.3) is 5.19 Å². The quantitative estimate of drug-likeness (QED) is 0.286. The summed E-state index contributed by atoms with van der Waals surface area (Å²) in [6, 6.07) is 9.64. The maximum Gasteiger partial charge on any atom is 0.298 e. The molecule has 0 spiro atoms. The van der Waals surface area contributed by atoms with E-state index in [0.29, 0.717) is 28.3 Å². The van der Waals surface area contributed by atoms with Crippen molar-refractivity contribution < 1.29 is 18.3 Å². The van der Waals surface area contributed by atoms with Gasteiger partial charge in [-0.05, 0) is 37.6 Å². The molecule has 0 saturated heterocycles. The topological polar surface area (TPSA) is 82.1 Å². The molecule has 4 rings (SSSR count). The molecule has 0 unspecified atom stereocenters. The molecule has 0 aliphatic heterocycles. The van der Waals surface area contributed by atoms with Crippen molar-refractivity contribution in [3.05, 3.63) is 77.4 Å². The van der Waals surface area contributed by atoms with E-state index >= 15 is 0 Å². The molecule has 0 saturated carbocycles. The van der Waals surface area contributed by atoms with Crippen LogP contribution in [-0.4, -0.2) is 26.1 Å². The van der Waals surface area contributed by atoms with Crippen LogP contribution < -0.4 is 10.1 Å². The second-order valence-corrected chi connectivity index (χ2v) is 7.57. The fourth-order valence-corrected chi connectivity index (χ4v) is 3.42. The molecule has 10 heteroatoms. The molecule has 0 atom stereocenters. The highest BCUT2D eigenvalue weighted by molar-refractivity contribution is 7.07. The Hall–Kier alpha value is -3.50. The smallest absolute Gasteiger partial charge is 0.298 e. The van der Waals surface area contributed by atoms with Gasteiger partial charge in [-0.3, -0.25) is 4.98 Å². The van der Waals surface area contributed by atoms with Crippen molar-refractivity contribution in [2.45, 2.75) is 20.5 Å². The van der Waals surface area contributed by atoms with Gasteiger partial charge in [0.2, 0.25) is 0 Å². The number of rotatable bonds is 8. The molecule has 164 valence electrons. The monoisotopic (exact) mass is 455 g/mol.